The van der Waals surface area contributed by atoms with Crippen LogP contribution in [0.15, 0.2) is 12.2 Å². The summed E-state index contributed by atoms with van der Waals surface area (Å²) in [6, 6.07) is 0. The van der Waals surface area contributed by atoms with Crippen LogP contribution in [-0.4, -0.2) is 27.7 Å². The van der Waals surface area contributed by atoms with E-state index < -0.39 is 5.60 Å². The minimum absolute atomic E-state index is 0.132. The number of aliphatic hydroxyl groups excluding tert-OH is 1. The van der Waals surface area contributed by atoms with Crippen molar-refractivity contribution in [2.45, 2.75) is 64.6 Å². The van der Waals surface area contributed by atoms with Gasteiger partial charge in [0.2, 0.25) is 0 Å². The fourth-order valence-electron chi connectivity index (χ4n) is 7.71. The van der Waals surface area contributed by atoms with E-state index in [9.17, 15) is 15.0 Å². The summed E-state index contributed by atoms with van der Waals surface area (Å²) in [6.07, 6.45) is 8.03. The van der Waals surface area contributed by atoms with Gasteiger partial charge < -0.3 is 10.2 Å². The highest BCUT2D eigenvalue weighted by atomic mass is 16.3. The third kappa shape index (κ3) is 1.55. The van der Waals surface area contributed by atoms with Crippen LogP contribution in [0.1, 0.15) is 52.9 Å². The second-order valence-corrected chi connectivity index (χ2v) is 10.1. The number of Topliss-reactive ketones (excluding diaryl/α,β-unsaturated/α-hetero) is 1. The highest BCUT2D eigenvalue weighted by Crippen LogP contribution is 2.73. The van der Waals surface area contributed by atoms with E-state index in [-0.39, 0.29) is 16.9 Å². The van der Waals surface area contributed by atoms with Crippen molar-refractivity contribution in [2.24, 2.45) is 46.3 Å². The van der Waals surface area contributed by atoms with Crippen molar-refractivity contribution in [3.05, 3.63) is 12.2 Å². The van der Waals surface area contributed by atoms with Crippen molar-refractivity contribution < 1.29 is 15.0 Å². The number of aliphatic hydroxyl groups is 2. The zero-order chi connectivity index (χ0) is 17.1. The maximum Gasteiger partial charge on any atom is 0.142 e. The second-order valence-electron chi connectivity index (χ2n) is 10.1. The van der Waals surface area contributed by atoms with Gasteiger partial charge in [0.1, 0.15) is 5.78 Å². The van der Waals surface area contributed by atoms with Crippen LogP contribution in [0.5, 0.6) is 0 Å². The summed E-state index contributed by atoms with van der Waals surface area (Å²) in [7, 11) is 0. The highest BCUT2D eigenvalue weighted by Gasteiger charge is 2.74. The van der Waals surface area contributed by atoms with Crippen LogP contribution in [0, 0.1) is 46.3 Å². The molecular weight excluding hydrogens is 300 g/mol. The van der Waals surface area contributed by atoms with Gasteiger partial charge in [0, 0.05) is 23.2 Å². The van der Waals surface area contributed by atoms with Crippen LogP contribution in [0.4, 0.5) is 0 Å². The van der Waals surface area contributed by atoms with Crippen molar-refractivity contribution in [1.29, 1.82) is 0 Å². The number of ketones is 1. The van der Waals surface area contributed by atoms with Gasteiger partial charge in [0.25, 0.3) is 0 Å². The molecule has 4 fully saturated rings. The lowest BCUT2D eigenvalue weighted by atomic mass is 9.45. The van der Waals surface area contributed by atoms with E-state index in [1.165, 1.54) is 0 Å². The van der Waals surface area contributed by atoms with Crippen molar-refractivity contribution in [2.75, 3.05) is 0 Å². The minimum atomic E-state index is -0.878. The molecule has 132 valence electrons. The number of hydrogen-bond acceptors (Lipinski definition) is 3. The van der Waals surface area contributed by atoms with Gasteiger partial charge in [-0.2, -0.15) is 0 Å². The Morgan fingerprint density at radius 2 is 1.96 bits per heavy atom. The SMILES string of the molecule is C[C@@H]1C2C(=O)[C@@]3(C)CCC4C(C=C[C@]5(O)CC(O)CC[C@]45C)C3C21. The van der Waals surface area contributed by atoms with Crippen LogP contribution in [-0.2, 0) is 4.79 Å². The molecule has 0 saturated heterocycles. The van der Waals surface area contributed by atoms with E-state index >= 15 is 0 Å². The number of fused-ring (bicyclic) bond motifs is 7. The molecule has 2 N–H and O–H groups in total. The summed E-state index contributed by atoms with van der Waals surface area (Å²) in [5.74, 6) is 3.31. The van der Waals surface area contributed by atoms with Gasteiger partial charge in [-0.15, -0.1) is 0 Å². The Morgan fingerprint density at radius 1 is 1.21 bits per heavy atom. The molecule has 0 bridgehead atoms. The zero-order valence-corrected chi connectivity index (χ0v) is 15.0. The first-order valence-corrected chi connectivity index (χ1v) is 9.87. The van der Waals surface area contributed by atoms with Crippen molar-refractivity contribution in [3.8, 4) is 0 Å². The first-order chi connectivity index (χ1) is 11.2. The normalized spacial score (nSPS) is 64.0. The number of allylic oxidation sites excluding steroid dienone is 1. The quantitative estimate of drug-likeness (QED) is 0.671. The number of rotatable bonds is 0. The Bertz CT molecular complexity index is 641. The molecule has 0 aromatic rings. The van der Waals surface area contributed by atoms with Crippen LogP contribution in [0.3, 0.4) is 0 Å². The first kappa shape index (κ1) is 15.6. The Kier molecular flexibility index (Phi) is 2.82. The molecule has 0 heterocycles. The van der Waals surface area contributed by atoms with Gasteiger partial charge in [-0.25, -0.2) is 0 Å². The smallest absolute Gasteiger partial charge is 0.142 e. The summed E-state index contributed by atoms with van der Waals surface area (Å²) < 4.78 is 0. The Hall–Kier alpha value is -0.670. The van der Waals surface area contributed by atoms with Gasteiger partial charge in [0.05, 0.1) is 11.7 Å². The molecule has 0 spiro atoms. The summed E-state index contributed by atoms with van der Waals surface area (Å²) in [5.41, 5.74) is -1.17. The molecule has 6 unspecified atom stereocenters. The molecule has 0 aromatic heterocycles. The summed E-state index contributed by atoms with van der Waals surface area (Å²) >= 11 is 0. The molecule has 3 nitrogen and oxygen atoms in total. The van der Waals surface area contributed by atoms with Crippen LogP contribution in [0.2, 0.25) is 0 Å². The van der Waals surface area contributed by atoms with Gasteiger partial charge in [0.15, 0.2) is 0 Å². The average Bonchev–Trinajstić information content (AvgIpc) is 3.10. The molecule has 5 aliphatic rings. The zero-order valence-electron chi connectivity index (χ0n) is 15.0. The third-order valence-corrected chi connectivity index (χ3v) is 9.26. The van der Waals surface area contributed by atoms with Crippen molar-refractivity contribution >= 4 is 5.78 Å². The minimum Gasteiger partial charge on any atom is -0.393 e. The van der Waals surface area contributed by atoms with Gasteiger partial charge in [-0.3, -0.25) is 4.79 Å². The van der Waals surface area contributed by atoms with E-state index in [1.54, 1.807) is 0 Å². The molecule has 10 atom stereocenters. The predicted octanol–water partition coefficient (Wildman–Crippen LogP) is 2.95. The fraction of sp³-hybridized carbons (Fsp3) is 0.857. The second kappa shape index (κ2) is 4.35. The molecule has 5 aliphatic carbocycles. The maximum absolute atomic E-state index is 12.9. The summed E-state index contributed by atoms with van der Waals surface area (Å²) in [4.78, 5) is 12.9. The van der Waals surface area contributed by atoms with Gasteiger partial charge in [-0.05, 0) is 55.3 Å². The molecule has 0 amide bonds. The van der Waals surface area contributed by atoms with Crippen molar-refractivity contribution in [1.82, 2.24) is 0 Å². The number of carbonyl (C=O) groups is 1. The maximum atomic E-state index is 12.9. The first-order valence-electron chi connectivity index (χ1n) is 9.87. The van der Waals surface area contributed by atoms with Crippen molar-refractivity contribution in [3.63, 3.8) is 0 Å². The van der Waals surface area contributed by atoms with E-state index in [2.05, 4.69) is 26.8 Å². The highest BCUT2D eigenvalue weighted by molar-refractivity contribution is 5.93. The lowest BCUT2D eigenvalue weighted by Gasteiger charge is -2.61. The Morgan fingerprint density at radius 3 is 2.71 bits per heavy atom. The largest absolute Gasteiger partial charge is 0.393 e. The molecule has 0 radical (unpaired) electrons. The van der Waals surface area contributed by atoms with E-state index in [0.29, 0.717) is 47.7 Å². The average molecular weight is 330 g/mol. The van der Waals surface area contributed by atoms with Crippen LogP contribution in [0.25, 0.3) is 0 Å². The monoisotopic (exact) mass is 330 g/mol. The molecule has 0 aromatic carbocycles. The predicted molar refractivity (Wildman–Crippen MR) is 91.0 cm³/mol. The molecular formula is C21H30O3. The number of hydrogen-bond donors (Lipinski definition) is 2. The van der Waals surface area contributed by atoms with E-state index in [4.69, 9.17) is 0 Å². The van der Waals surface area contributed by atoms with Gasteiger partial charge >= 0.3 is 0 Å². The Balaban J connectivity index is 1.58. The summed E-state index contributed by atoms with van der Waals surface area (Å²) in [6.45, 7) is 6.71. The molecule has 24 heavy (non-hydrogen) atoms. The lowest BCUT2D eigenvalue weighted by molar-refractivity contribution is -0.169. The molecule has 3 heteroatoms. The Labute approximate surface area is 144 Å². The number of carbonyl (C=O) groups excluding carboxylic acids is 1. The third-order valence-electron chi connectivity index (χ3n) is 9.26. The fourth-order valence-corrected chi connectivity index (χ4v) is 7.71. The van der Waals surface area contributed by atoms with Gasteiger partial charge in [-0.1, -0.05) is 32.9 Å². The summed E-state index contributed by atoms with van der Waals surface area (Å²) in [5, 5.41) is 21.4. The van der Waals surface area contributed by atoms with Crippen LogP contribution >= 0.6 is 0 Å². The topological polar surface area (TPSA) is 57.5 Å². The lowest BCUT2D eigenvalue weighted by Crippen LogP contribution is -2.61. The van der Waals surface area contributed by atoms with E-state index in [1.807, 2.05) is 6.08 Å². The molecule has 4 saturated carbocycles. The molecule has 0 aliphatic heterocycles. The van der Waals surface area contributed by atoms with Crippen LogP contribution < -0.4 is 0 Å². The molecule has 5 rings (SSSR count). The van der Waals surface area contributed by atoms with E-state index in [0.717, 1.165) is 25.7 Å². The standard InChI is InChI=1S/C21H30O3/c1-11-15-16(11)18(23)19(2)7-6-14-13(17(15)19)5-9-21(24)10-12(22)4-8-20(14,21)3/h5,9,11-17,22,24H,4,6-8,10H2,1-3H3/t11-,12?,13?,14?,15?,16?,17?,19-,20+,21-/m0/s1.